The van der Waals surface area contributed by atoms with Gasteiger partial charge in [-0.2, -0.15) is 12.6 Å². The largest absolute Gasteiger partial charge is 0.506 e. The van der Waals surface area contributed by atoms with E-state index >= 15 is 0 Å². The molecule has 0 aliphatic rings. The summed E-state index contributed by atoms with van der Waals surface area (Å²) in [7, 11) is 0. The smallest absolute Gasteiger partial charge is 0.328 e. The van der Waals surface area contributed by atoms with Crippen LogP contribution in [0.3, 0.4) is 0 Å². The van der Waals surface area contributed by atoms with Crippen LogP contribution in [0.2, 0.25) is 0 Å². The lowest BCUT2D eigenvalue weighted by atomic mass is 9.98. The van der Waals surface area contributed by atoms with Crippen molar-refractivity contribution in [1.29, 1.82) is 0 Å². The number of hydrogen-bond acceptors (Lipinski definition) is 8. The van der Waals surface area contributed by atoms with E-state index in [2.05, 4.69) is 17.6 Å². The molecule has 0 saturated heterocycles. The van der Waals surface area contributed by atoms with E-state index in [0.717, 1.165) is 6.07 Å². The highest BCUT2D eigenvalue weighted by Gasteiger charge is 2.45. The number of phenols is 1. The second kappa shape index (κ2) is 10.2. The van der Waals surface area contributed by atoms with E-state index in [1.807, 2.05) is 0 Å². The van der Waals surface area contributed by atoms with E-state index in [-0.39, 0.29) is 28.8 Å². The molecule has 7 N–H and O–H groups in total. The first-order chi connectivity index (χ1) is 14.9. The first kappa shape index (κ1) is 25.4. The second-order valence-corrected chi connectivity index (χ2v) is 9.20. The van der Waals surface area contributed by atoms with Crippen LogP contribution >= 0.6 is 12.6 Å². The molecule has 11 heteroatoms. The van der Waals surface area contributed by atoms with Crippen molar-refractivity contribution >= 4 is 41.3 Å². The third-order valence-electron chi connectivity index (χ3n) is 4.98. The zero-order valence-corrected chi connectivity index (χ0v) is 18.8. The van der Waals surface area contributed by atoms with Crippen LogP contribution in [0.4, 0.5) is 0 Å². The monoisotopic (exact) mass is 464 g/mol. The van der Waals surface area contributed by atoms with Gasteiger partial charge >= 0.3 is 5.97 Å². The zero-order valence-electron chi connectivity index (χ0n) is 17.9. The summed E-state index contributed by atoms with van der Waals surface area (Å²) < 4.78 is -1.34. The number of aromatic nitrogens is 1. The molecular weight excluding hydrogens is 436 g/mol. The fraction of sp³-hybridized carbons (Fsp3) is 0.429. The van der Waals surface area contributed by atoms with Gasteiger partial charge in [0, 0.05) is 16.2 Å². The number of benzene rings is 1. The number of nitrogens with two attached hydrogens (primary N) is 2. The average molecular weight is 465 g/mol. The first-order valence-electron chi connectivity index (χ1n) is 10.0. The number of pyridine rings is 1. The topological polar surface area (TPSA) is 180 Å². The number of H-pyrrole nitrogens is 1. The lowest BCUT2D eigenvalue weighted by Crippen LogP contribution is -2.60. The van der Waals surface area contributed by atoms with Crippen molar-refractivity contribution in [2.45, 2.75) is 49.9 Å². The zero-order chi connectivity index (χ0) is 24.2. The predicted octanol–water partition coefficient (Wildman–Crippen LogP) is 0.820. The van der Waals surface area contributed by atoms with Crippen LogP contribution < -0.4 is 16.9 Å². The standard InChI is InChI=1S/C21H28N4O6S/c1-21(2,32)17(20(30)31)25(18(28)12(23)7-3-4-9-22)19(29)13-10-15(27)11-6-5-8-14(26)16(11)24-13/h5-6,8,10,12,17,26,32H,3-4,7,9,22-23H2,1-2H3,(H,24,27)(H,30,31)/t12-,17+/m0/s1. The minimum absolute atomic E-state index is 0.0139. The Bertz CT molecular complexity index is 1080. The maximum Gasteiger partial charge on any atom is 0.328 e. The molecule has 1 aromatic carbocycles. The van der Waals surface area contributed by atoms with Crippen LogP contribution in [-0.4, -0.2) is 61.3 Å². The van der Waals surface area contributed by atoms with Crippen molar-refractivity contribution in [3.63, 3.8) is 0 Å². The van der Waals surface area contributed by atoms with Gasteiger partial charge in [-0.05, 0) is 45.4 Å². The molecule has 0 aliphatic heterocycles. The number of imide groups is 1. The normalized spacial score (nSPS) is 13.5. The van der Waals surface area contributed by atoms with Crippen molar-refractivity contribution in [3.8, 4) is 5.75 Å². The molecule has 0 spiro atoms. The van der Waals surface area contributed by atoms with Gasteiger partial charge in [-0.15, -0.1) is 0 Å². The number of thiol groups is 1. The molecule has 2 rings (SSSR count). The number of aliphatic carboxylic acids is 1. The fourth-order valence-corrected chi connectivity index (χ4v) is 3.61. The Morgan fingerprint density at radius 3 is 2.47 bits per heavy atom. The first-order valence-corrected chi connectivity index (χ1v) is 10.5. The number of amides is 2. The highest BCUT2D eigenvalue weighted by atomic mass is 32.1. The molecule has 1 heterocycles. The van der Waals surface area contributed by atoms with Crippen molar-refractivity contribution in [3.05, 3.63) is 40.2 Å². The Labute approximate surface area is 190 Å². The molecule has 2 amide bonds. The maximum atomic E-state index is 13.4. The van der Waals surface area contributed by atoms with Crippen molar-refractivity contribution in [2.24, 2.45) is 11.5 Å². The number of phenolic OH excluding ortho intramolecular Hbond substituents is 1. The van der Waals surface area contributed by atoms with E-state index in [1.54, 1.807) is 0 Å². The Balaban J connectivity index is 2.61. The highest BCUT2D eigenvalue weighted by Crippen LogP contribution is 2.26. The summed E-state index contributed by atoms with van der Waals surface area (Å²) in [6, 6.07) is 2.34. The summed E-state index contributed by atoms with van der Waals surface area (Å²) >= 11 is 4.28. The molecule has 0 radical (unpaired) electrons. The Kier molecular flexibility index (Phi) is 8.05. The number of rotatable bonds is 9. The molecule has 10 nitrogen and oxygen atoms in total. The summed E-state index contributed by atoms with van der Waals surface area (Å²) in [4.78, 5) is 54.3. The van der Waals surface area contributed by atoms with Gasteiger partial charge in [0.05, 0.1) is 11.6 Å². The van der Waals surface area contributed by atoms with E-state index in [9.17, 15) is 29.4 Å². The van der Waals surface area contributed by atoms with Crippen LogP contribution in [0.15, 0.2) is 29.1 Å². The Hall–Kier alpha value is -2.89. The number of aromatic amines is 1. The lowest BCUT2D eigenvalue weighted by Gasteiger charge is -2.36. The molecule has 32 heavy (non-hydrogen) atoms. The molecule has 0 fully saturated rings. The van der Waals surface area contributed by atoms with Gasteiger partial charge in [0.25, 0.3) is 5.91 Å². The minimum Gasteiger partial charge on any atom is -0.506 e. The molecule has 174 valence electrons. The molecule has 0 bridgehead atoms. The summed E-state index contributed by atoms with van der Waals surface area (Å²) in [6.07, 6.45) is 1.30. The highest BCUT2D eigenvalue weighted by molar-refractivity contribution is 7.81. The van der Waals surface area contributed by atoms with Crippen molar-refractivity contribution in [2.75, 3.05) is 6.54 Å². The minimum atomic E-state index is -1.69. The van der Waals surface area contributed by atoms with E-state index in [0.29, 0.717) is 24.3 Å². The molecule has 0 saturated carbocycles. The van der Waals surface area contributed by atoms with Gasteiger partial charge < -0.3 is 26.7 Å². The van der Waals surface area contributed by atoms with E-state index in [4.69, 9.17) is 11.5 Å². The Morgan fingerprint density at radius 2 is 1.91 bits per heavy atom. The Morgan fingerprint density at radius 1 is 1.25 bits per heavy atom. The van der Waals surface area contributed by atoms with Crippen LogP contribution in [0, 0.1) is 0 Å². The van der Waals surface area contributed by atoms with Gasteiger partial charge in [-0.3, -0.25) is 19.3 Å². The summed E-state index contributed by atoms with van der Waals surface area (Å²) in [6.45, 7) is 3.28. The number of carboxylic acids is 1. The number of para-hydroxylation sites is 1. The fourth-order valence-electron chi connectivity index (χ4n) is 3.39. The number of hydrogen-bond donors (Lipinski definition) is 6. The molecule has 2 atom stereocenters. The van der Waals surface area contributed by atoms with Gasteiger partial charge in [-0.1, -0.05) is 12.5 Å². The third kappa shape index (κ3) is 5.47. The van der Waals surface area contributed by atoms with Crippen LogP contribution in [-0.2, 0) is 9.59 Å². The average Bonchev–Trinajstić information content (AvgIpc) is 2.70. The third-order valence-corrected chi connectivity index (χ3v) is 5.22. The van der Waals surface area contributed by atoms with Gasteiger partial charge in [0.2, 0.25) is 5.91 Å². The summed E-state index contributed by atoms with van der Waals surface area (Å²) in [5.74, 6) is -3.73. The van der Waals surface area contributed by atoms with Crippen LogP contribution in [0.1, 0.15) is 43.6 Å². The quantitative estimate of drug-likeness (QED) is 0.233. The number of nitrogens with one attached hydrogen (secondary N) is 1. The van der Waals surface area contributed by atoms with E-state index < -0.39 is 40.0 Å². The van der Waals surface area contributed by atoms with Crippen molar-refractivity contribution < 1.29 is 24.6 Å². The number of carboxylic acid groups (broad SMARTS) is 1. The lowest BCUT2D eigenvalue weighted by molar-refractivity contribution is -0.149. The number of aromatic hydroxyl groups is 1. The number of carbonyl (C=O) groups excluding carboxylic acids is 2. The maximum absolute atomic E-state index is 13.4. The molecular formula is C21H28N4O6S. The van der Waals surface area contributed by atoms with Gasteiger partial charge in [-0.25, -0.2) is 4.79 Å². The number of unbranched alkanes of at least 4 members (excludes halogenated alkanes) is 1. The summed E-state index contributed by atoms with van der Waals surface area (Å²) in [5.41, 5.74) is 10.5. The number of fused-ring (bicyclic) bond motifs is 1. The van der Waals surface area contributed by atoms with Gasteiger partial charge in [0.1, 0.15) is 11.4 Å². The number of carbonyl (C=O) groups is 3. The molecule has 1 aromatic heterocycles. The van der Waals surface area contributed by atoms with Crippen molar-refractivity contribution in [1.82, 2.24) is 9.88 Å². The van der Waals surface area contributed by atoms with Crippen LogP contribution in [0.25, 0.3) is 10.9 Å². The predicted molar refractivity (Wildman–Crippen MR) is 123 cm³/mol. The van der Waals surface area contributed by atoms with Gasteiger partial charge in [0.15, 0.2) is 11.5 Å². The molecule has 0 unspecified atom stereocenters. The SMILES string of the molecule is CC(C)(S)[C@@H](C(=O)O)N(C(=O)c1cc(=O)c2cccc(O)c2[nH]1)C(=O)[C@@H](N)CCCCN. The summed E-state index contributed by atoms with van der Waals surface area (Å²) in [5, 5.41) is 20.0. The molecule has 0 aliphatic carbocycles. The molecule has 2 aromatic rings. The van der Waals surface area contributed by atoms with Crippen LogP contribution in [0.5, 0.6) is 5.75 Å². The van der Waals surface area contributed by atoms with E-state index in [1.165, 1.54) is 32.0 Å². The second-order valence-electron chi connectivity index (χ2n) is 8.05. The number of nitrogens with zero attached hydrogens (tertiary/aromatic N) is 1.